The normalized spacial score (nSPS) is 11.7. The summed E-state index contributed by atoms with van der Waals surface area (Å²) < 4.78 is 2.50. The first kappa shape index (κ1) is 36.9. The maximum Gasteiger partial charge on any atom is 0.161 e. The van der Waals surface area contributed by atoms with Crippen LogP contribution in [-0.2, 0) is 0 Å². The molecule has 0 aliphatic heterocycles. The van der Waals surface area contributed by atoms with Gasteiger partial charge in [-0.2, -0.15) is 0 Å². The third kappa shape index (κ3) is 6.05. The maximum absolute atomic E-state index is 5.51. The Morgan fingerprint density at radius 3 is 1.32 bits per heavy atom. The van der Waals surface area contributed by atoms with Crippen molar-refractivity contribution in [2.45, 2.75) is 0 Å². The van der Waals surface area contributed by atoms with Crippen LogP contribution in [-0.4, -0.2) is 14.5 Å². The van der Waals surface area contributed by atoms with Gasteiger partial charge in [0.05, 0.1) is 22.2 Å². The minimum absolute atomic E-state index is 0.690. The standard InChI is InChI=1S/C62H39N3/c1-4-18-40(19-5-1)41-32-34-44(35-33-41)61-52-30-16-17-31-56(52)63-62(64-61)55-37-46(36-45-24-10-11-25-47(45)55)65-57-38-53(42-20-6-2-7-21-42)48-26-12-14-28-50(48)59(57)60-51-29-15-13-27-49(51)54(39-58(60)65)43-22-8-3-9-23-43/h1-39H. The summed E-state index contributed by atoms with van der Waals surface area (Å²) in [5, 5.41) is 10.6. The first-order chi connectivity index (χ1) is 32.2. The van der Waals surface area contributed by atoms with Crippen LogP contribution >= 0.6 is 0 Å². The van der Waals surface area contributed by atoms with Crippen LogP contribution in [0.2, 0.25) is 0 Å². The molecule has 0 radical (unpaired) electrons. The highest BCUT2D eigenvalue weighted by molar-refractivity contribution is 6.31. The molecular weight excluding hydrogens is 787 g/mol. The average molecular weight is 826 g/mol. The van der Waals surface area contributed by atoms with Crippen LogP contribution in [0.1, 0.15) is 0 Å². The number of nitrogens with zero attached hydrogens (tertiary/aromatic N) is 3. The summed E-state index contributed by atoms with van der Waals surface area (Å²) >= 11 is 0. The Hall–Kier alpha value is -8.66. The van der Waals surface area contributed by atoms with E-state index in [1.54, 1.807) is 0 Å². The SMILES string of the molecule is c1ccc(-c2ccc(-c3nc(-c4cc(-n5c6cc(-c7ccccc7)c7ccccc7c6c6c7ccccc7c(-c7ccccc7)cc65)cc5ccccc45)nc4ccccc34)cc2)cc1. The van der Waals surface area contributed by atoms with Gasteiger partial charge in [-0.15, -0.1) is 0 Å². The molecule has 0 fully saturated rings. The topological polar surface area (TPSA) is 30.7 Å². The molecule has 0 amide bonds. The molecule has 0 saturated carbocycles. The molecule has 13 aromatic rings. The molecule has 0 aliphatic rings. The lowest BCUT2D eigenvalue weighted by atomic mass is 9.92. The van der Waals surface area contributed by atoms with Crippen molar-refractivity contribution in [1.29, 1.82) is 0 Å². The molecule has 3 nitrogen and oxygen atoms in total. The van der Waals surface area contributed by atoms with Gasteiger partial charge in [0.25, 0.3) is 0 Å². The first-order valence-corrected chi connectivity index (χ1v) is 22.2. The van der Waals surface area contributed by atoms with Crippen molar-refractivity contribution in [2.75, 3.05) is 0 Å². The summed E-state index contributed by atoms with van der Waals surface area (Å²) in [6.45, 7) is 0. The van der Waals surface area contributed by atoms with E-state index < -0.39 is 0 Å². The van der Waals surface area contributed by atoms with Crippen LogP contribution in [0, 0.1) is 0 Å². The van der Waals surface area contributed by atoms with Gasteiger partial charge in [-0.25, -0.2) is 9.97 Å². The molecular formula is C62H39N3. The predicted molar refractivity (Wildman–Crippen MR) is 274 cm³/mol. The van der Waals surface area contributed by atoms with Crippen LogP contribution < -0.4 is 0 Å². The third-order valence-corrected chi connectivity index (χ3v) is 13.2. The van der Waals surface area contributed by atoms with Gasteiger partial charge in [0, 0.05) is 33.0 Å². The van der Waals surface area contributed by atoms with E-state index in [1.807, 2.05) is 0 Å². The molecule has 2 heterocycles. The molecule has 0 unspecified atom stereocenters. The lowest BCUT2D eigenvalue weighted by Crippen LogP contribution is -1.99. The summed E-state index contributed by atoms with van der Waals surface area (Å²) in [5.41, 5.74) is 14.3. The molecule has 0 saturated heterocycles. The molecule has 0 spiro atoms. The van der Waals surface area contributed by atoms with Crippen molar-refractivity contribution >= 4 is 65.0 Å². The summed E-state index contributed by atoms with van der Waals surface area (Å²) in [6, 6.07) is 85.3. The number of hydrogen-bond donors (Lipinski definition) is 0. The summed E-state index contributed by atoms with van der Waals surface area (Å²) in [7, 11) is 0. The fourth-order valence-electron chi connectivity index (χ4n) is 10.2. The highest BCUT2D eigenvalue weighted by Crippen LogP contribution is 2.47. The molecule has 0 bridgehead atoms. The van der Waals surface area contributed by atoms with E-state index in [0.29, 0.717) is 5.82 Å². The molecule has 0 aliphatic carbocycles. The number of hydrogen-bond acceptors (Lipinski definition) is 2. The van der Waals surface area contributed by atoms with Gasteiger partial charge in [-0.1, -0.05) is 206 Å². The molecule has 65 heavy (non-hydrogen) atoms. The molecule has 3 heteroatoms. The van der Waals surface area contributed by atoms with Crippen molar-refractivity contribution in [2.24, 2.45) is 0 Å². The van der Waals surface area contributed by atoms with Crippen molar-refractivity contribution in [1.82, 2.24) is 14.5 Å². The predicted octanol–water partition coefficient (Wildman–Crippen LogP) is 16.5. The Labute approximate surface area is 376 Å². The Morgan fingerprint density at radius 1 is 0.292 bits per heavy atom. The average Bonchev–Trinajstić information content (AvgIpc) is 3.73. The lowest BCUT2D eigenvalue weighted by molar-refractivity contribution is 1.18. The zero-order valence-corrected chi connectivity index (χ0v) is 35.4. The van der Waals surface area contributed by atoms with Crippen molar-refractivity contribution in [3.8, 4) is 61.7 Å². The van der Waals surface area contributed by atoms with Gasteiger partial charge in [0.1, 0.15) is 0 Å². The van der Waals surface area contributed by atoms with Gasteiger partial charge < -0.3 is 4.57 Å². The van der Waals surface area contributed by atoms with Crippen LogP contribution in [0.4, 0.5) is 0 Å². The Bertz CT molecular complexity index is 3830. The smallest absolute Gasteiger partial charge is 0.161 e. The zero-order chi connectivity index (χ0) is 42.8. The van der Waals surface area contributed by atoms with E-state index in [0.717, 1.165) is 55.2 Å². The Balaban J connectivity index is 1.13. The van der Waals surface area contributed by atoms with Crippen molar-refractivity contribution in [3.05, 3.63) is 237 Å². The van der Waals surface area contributed by atoms with E-state index >= 15 is 0 Å². The van der Waals surface area contributed by atoms with Crippen LogP contribution in [0.3, 0.4) is 0 Å². The van der Waals surface area contributed by atoms with E-state index in [-0.39, 0.29) is 0 Å². The molecule has 0 N–H and O–H groups in total. The van der Waals surface area contributed by atoms with E-state index in [1.165, 1.54) is 65.7 Å². The van der Waals surface area contributed by atoms with Crippen LogP contribution in [0.5, 0.6) is 0 Å². The van der Waals surface area contributed by atoms with Crippen LogP contribution in [0.25, 0.3) is 127 Å². The second-order valence-electron chi connectivity index (χ2n) is 16.9. The minimum atomic E-state index is 0.690. The second kappa shape index (κ2) is 15.0. The third-order valence-electron chi connectivity index (χ3n) is 13.2. The minimum Gasteiger partial charge on any atom is -0.309 e. The maximum atomic E-state index is 5.51. The summed E-state index contributed by atoms with van der Waals surface area (Å²) in [6.07, 6.45) is 0. The fourth-order valence-corrected chi connectivity index (χ4v) is 10.2. The lowest BCUT2D eigenvalue weighted by Gasteiger charge is -2.16. The number of benzene rings is 11. The van der Waals surface area contributed by atoms with Crippen LogP contribution in [0.15, 0.2) is 237 Å². The van der Waals surface area contributed by atoms with Gasteiger partial charge >= 0.3 is 0 Å². The molecule has 2 aromatic heterocycles. The number of rotatable bonds is 6. The Kier molecular flexibility index (Phi) is 8.53. The van der Waals surface area contributed by atoms with Crippen molar-refractivity contribution in [3.63, 3.8) is 0 Å². The number of para-hydroxylation sites is 1. The Morgan fingerprint density at radius 2 is 0.738 bits per heavy atom. The van der Waals surface area contributed by atoms with Gasteiger partial charge in [0.15, 0.2) is 5.82 Å². The molecule has 302 valence electrons. The van der Waals surface area contributed by atoms with E-state index in [2.05, 4.69) is 241 Å². The van der Waals surface area contributed by atoms with Crippen molar-refractivity contribution < 1.29 is 0 Å². The fraction of sp³-hybridized carbons (Fsp3) is 0. The van der Waals surface area contributed by atoms with Gasteiger partial charge in [-0.05, 0) is 96.0 Å². The molecule has 11 aromatic carbocycles. The van der Waals surface area contributed by atoms with Gasteiger partial charge in [0.2, 0.25) is 0 Å². The molecule has 0 atom stereocenters. The zero-order valence-electron chi connectivity index (χ0n) is 35.4. The van der Waals surface area contributed by atoms with E-state index in [9.17, 15) is 0 Å². The first-order valence-electron chi connectivity index (χ1n) is 22.2. The molecule has 13 rings (SSSR count). The van der Waals surface area contributed by atoms with Gasteiger partial charge in [-0.3, -0.25) is 0 Å². The number of fused-ring (bicyclic) bond motifs is 9. The quantitative estimate of drug-likeness (QED) is 0.167. The second-order valence-corrected chi connectivity index (χ2v) is 16.9. The highest BCUT2D eigenvalue weighted by Gasteiger charge is 2.23. The highest BCUT2D eigenvalue weighted by atomic mass is 15.0. The van der Waals surface area contributed by atoms with E-state index in [4.69, 9.17) is 9.97 Å². The monoisotopic (exact) mass is 825 g/mol. The summed E-state index contributed by atoms with van der Waals surface area (Å²) in [5.74, 6) is 0.690. The summed E-state index contributed by atoms with van der Waals surface area (Å²) in [4.78, 5) is 10.9. The number of aromatic nitrogens is 3. The largest absolute Gasteiger partial charge is 0.309 e.